The summed E-state index contributed by atoms with van der Waals surface area (Å²) in [4.78, 5) is 26.1. The van der Waals surface area contributed by atoms with Gasteiger partial charge in [0, 0.05) is 32.7 Å². The van der Waals surface area contributed by atoms with Crippen LogP contribution in [0.15, 0.2) is 24.3 Å². The number of carbonyl (C=O) groups is 2. The number of ether oxygens (including phenoxy) is 2. The van der Waals surface area contributed by atoms with E-state index in [2.05, 4.69) is 11.4 Å². The number of para-hydroxylation sites is 1. The number of methoxy groups -OCH3 is 2. The van der Waals surface area contributed by atoms with Crippen LogP contribution in [0.2, 0.25) is 0 Å². The molecule has 1 aromatic carbocycles. The fourth-order valence-electron chi connectivity index (χ4n) is 3.68. The van der Waals surface area contributed by atoms with Gasteiger partial charge in [0.25, 0.3) is 0 Å². The number of hydrogen-bond acceptors (Lipinski definition) is 4. The molecule has 0 aromatic heterocycles. The molecule has 1 aromatic rings. The smallest absolute Gasteiger partial charge is 0.225 e. The van der Waals surface area contributed by atoms with Crippen molar-refractivity contribution in [3.05, 3.63) is 29.8 Å². The van der Waals surface area contributed by atoms with Crippen LogP contribution < -0.4 is 10.1 Å². The number of carbonyl (C=O) groups excluding carboxylic acids is 2. The summed E-state index contributed by atoms with van der Waals surface area (Å²) in [6, 6.07) is 8.23. The van der Waals surface area contributed by atoms with Gasteiger partial charge in [-0.15, -0.1) is 0 Å². The molecule has 25 heavy (non-hydrogen) atoms. The molecule has 2 amide bonds. The normalized spacial score (nSPS) is 25.6. The molecule has 2 aliphatic rings. The summed E-state index contributed by atoms with van der Waals surface area (Å²) in [5.74, 6) is 1.13. The average molecular weight is 346 g/mol. The zero-order valence-corrected chi connectivity index (χ0v) is 14.9. The van der Waals surface area contributed by atoms with Crippen molar-refractivity contribution in [3.8, 4) is 5.75 Å². The highest BCUT2D eigenvalue weighted by molar-refractivity contribution is 5.89. The van der Waals surface area contributed by atoms with E-state index in [0.717, 1.165) is 18.6 Å². The topological polar surface area (TPSA) is 67.9 Å². The van der Waals surface area contributed by atoms with Crippen molar-refractivity contribution in [1.29, 1.82) is 0 Å². The highest BCUT2D eigenvalue weighted by Gasteiger charge is 2.38. The molecule has 1 saturated heterocycles. The van der Waals surface area contributed by atoms with Crippen LogP contribution >= 0.6 is 0 Å². The third-order valence-corrected chi connectivity index (χ3v) is 5.21. The second kappa shape index (κ2) is 7.87. The predicted molar refractivity (Wildman–Crippen MR) is 93.5 cm³/mol. The van der Waals surface area contributed by atoms with Gasteiger partial charge in [-0.2, -0.15) is 0 Å². The average Bonchev–Trinajstić information content (AvgIpc) is 2.96. The largest absolute Gasteiger partial charge is 0.496 e. The monoisotopic (exact) mass is 346 g/mol. The third kappa shape index (κ3) is 3.95. The third-order valence-electron chi connectivity index (χ3n) is 5.21. The summed E-state index contributed by atoms with van der Waals surface area (Å²) in [5, 5.41) is 3.10. The zero-order chi connectivity index (χ0) is 17.8. The molecule has 1 aliphatic carbocycles. The Labute approximate surface area is 148 Å². The molecule has 1 unspecified atom stereocenters. The van der Waals surface area contributed by atoms with Crippen molar-refractivity contribution in [2.75, 3.05) is 33.9 Å². The Morgan fingerprint density at radius 1 is 1.28 bits per heavy atom. The Bertz CT molecular complexity index is 628. The Kier molecular flexibility index (Phi) is 5.58. The molecule has 1 atom stereocenters. The first kappa shape index (κ1) is 17.7. The summed E-state index contributed by atoms with van der Waals surface area (Å²) in [5.41, 5.74) is 1.21. The van der Waals surface area contributed by atoms with E-state index in [-0.39, 0.29) is 23.8 Å². The van der Waals surface area contributed by atoms with Crippen molar-refractivity contribution in [2.45, 2.75) is 31.2 Å². The number of benzene rings is 1. The lowest BCUT2D eigenvalue weighted by Gasteiger charge is -2.37. The van der Waals surface area contributed by atoms with Gasteiger partial charge in [-0.3, -0.25) is 9.59 Å². The fraction of sp³-hybridized carbons (Fsp3) is 0.579. The van der Waals surface area contributed by atoms with Crippen molar-refractivity contribution < 1.29 is 19.1 Å². The zero-order valence-electron chi connectivity index (χ0n) is 14.9. The molecule has 1 N–H and O–H groups in total. The van der Waals surface area contributed by atoms with E-state index in [4.69, 9.17) is 9.47 Å². The van der Waals surface area contributed by atoms with Gasteiger partial charge in [0.05, 0.1) is 19.6 Å². The van der Waals surface area contributed by atoms with Crippen LogP contribution in [0.5, 0.6) is 5.75 Å². The van der Waals surface area contributed by atoms with Crippen molar-refractivity contribution in [3.63, 3.8) is 0 Å². The predicted octanol–water partition coefficient (Wildman–Crippen LogP) is 1.55. The van der Waals surface area contributed by atoms with E-state index in [9.17, 15) is 9.59 Å². The van der Waals surface area contributed by atoms with E-state index >= 15 is 0 Å². The maximum Gasteiger partial charge on any atom is 0.225 e. The summed E-state index contributed by atoms with van der Waals surface area (Å²) in [7, 11) is 3.29. The van der Waals surface area contributed by atoms with Crippen LogP contribution in [0.3, 0.4) is 0 Å². The lowest BCUT2D eigenvalue weighted by atomic mass is 9.75. The van der Waals surface area contributed by atoms with Crippen LogP contribution in [0, 0.1) is 5.92 Å². The van der Waals surface area contributed by atoms with E-state index in [1.165, 1.54) is 5.56 Å². The van der Waals surface area contributed by atoms with Gasteiger partial charge in [-0.1, -0.05) is 18.2 Å². The van der Waals surface area contributed by atoms with Crippen LogP contribution in [0.25, 0.3) is 0 Å². The Morgan fingerprint density at radius 2 is 2.04 bits per heavy atom. The molecule has 0 spiro atoms. The summed E-state index contributed by atoms with van der Waals surface area (Å²) < 4.78 is 10.4. The first-order valence-corrected chi connectivity index (χ1v) is 8.82. The summed E-state index contributed by atoms with van der Waals surface area (Å²) in [6.07, 6.45) is 2.14. The van der Waals surface area contributed by atoms with Crippen molar-refractivity contribution in [1.82, 2.24) is 10.2 Å². The first-order chi connectivity index (χ1) is 12.1. The van der Waals surface area contributed by atoms with Gasteiger partial charge in [0.2, 0.25) is 11.8 Å². The van der Waals surface area contributed by atoms with Gasteiger partial charge in [0.15, 0.2) is 0 Å². The van der Waals surface area contributed by atoms with Gasteiger partial charge in [-0.05, 0) is 30.4 Å². The van der Waals surface area contributed by atoms with Gasteiger partial charge >= 0.3 is 0 Å². The molecule has 0 bridgehead atoms. The molecular weight excluding hydrogens is 320 g/mol. The Hall–Kier alpha value is -2.08. The Morgan fingerprint density at radius 3 is 2.76 bits per heavy atom. The number of amides is 2. The Balaban J connectivity index is 1.47. The molecule has 6 nitrogen and oxygen atoms in total. The lowest BCUT2D eigenvalue weighted by molar-refractivity contribution is -0.129. The van der Waals surface area contributed by atoms with Crippen LogP contribution in [-0.4, -0.2) is 56.7 Å². The standard InChI is InChI=1S/C19H26N2O4/c1-24-8-7-21-12-14(11-18(21)22)19(23)20-15-9-13(10-15)16-5-3-4-6-17(16)25-2/h3-6,13-15H,7-12H2,1-2H3,(H,20,23). The quantitative estimate of drug-likeness (QED) is 0.813. The minimum atomic E-state index is -0.241. The second-order valence-corrected chi connectivity index (χ2v) is 6.85. The molecule has 1 saturated carbocycles. The van der Waals surface area contributed by atoms with Crippen molar-refractivity contribution >= 4 is 11.8 Å². The summed E-state index contributed by atoms with van der Waals surface area (Å²) >= 11 is 0. The molecule has 1 aliphatic heterocycles. The number of rotatable bonds is 7. The number of hydrogen-bond donors (Lipinski definition) is 1. The van der Waals surface area contributed by atoms with Crippen molar-refractivity contribution in [2.24, 2.45) is 5.92 Å². The molecule has 136 valence electrons. The highest BCUT2D eigenvalue weighted by Crippen LogP contribution is 2.41. The van der Waals surface area contributed by atoms with E-state index in [1.54, 1.807) is 19.1 Å². The van der Waals surface area contributed by atoms with Crippen LogP contribution in [0.4, 0.5) is 0 Å². The number of nitrogens with zero attached hydrogens (tertiary/aromatic N) is 1. The minimum Gasteiger partial charge on any atom is -0.496 e. The molecular formula is C19H26N2O4. The molecule has 1 heterocycles. The van der Waals surface area contributed by atoms with Gasteiger partial charge < -0.3 is 19.7 Å². The van der Waals surface area contributed by atoms with Crippen LogP contribution in [0.1, 0.15) is 30.7 Å². The van der Waals surface area contributed by atoms with E-state index in [1.807, 2.05) is 18.2 Å². The first-order valence-electron chi connectivity index (χ1n) is 8.82. The lowest BCUT2D eigenvalue weighted by Crippen LogP contribution is -2.46. The minimum absolute atomic E-state index is 0.00302. The molecule has 0 radical (unpaired) electrons. The number of likely N-dealkylation sites (tertiary alicyclic amines) is 1. The second-order valence-electron chi connectivity index (χ2n) is 6.85. The molecule has 6 heteroatoms. The van der Waals surface area contributed by atoms with Gasteiger partial charge in [0.1, 0.15) is 5.75 Å². The fourth-order valence-corrected chi connectivity index (χ4v) is 3.68. The van der Waals surface area contributed by atoms with E-state index in [0.29, 0.717) is 32.0 Å². The SMILES string of the molecule is COCCN1CC(C(=O)NC2CC(c3ccccc3OC)C2)CC1=O. The van der Waals surface area contributed by atoms with E-state index < -0.39 is 0 Å². The van der Waals surface area contributed by atoms with Gasteiger partial charge in [-0.25, -0.2) is 0 Å². The molecule has 3 rings (SSSR count). The van der Waals surface area contributed by atoms with Crippen LogP contribution in [-0.2, 0) is 14.3 Å². The molecule has 2 fully saturated rings. The number of nitrogens with one attached hydrogen (secondary N) is 1. The summed E-state index contributed by atoms with van der Waals surface area (Å²) in [6.45, 7) is 1.55. The maximum atomic E-state index is 12.4. The highest BCUT2D eigenvalue weighted by atomic mass is 16.5. The maximum absolute atomic E-state index is 12.4.